The van der Waals surface area contributed by atoms with Crippen molar-refractivity contribution in [3.8, 4) is 11.4 Å². The van der Waals surface area contributed by atoms with Crippen LogP contribution in [0.5, 0.6) is 0 Å². The number of aliphatic hydroxyl groups is 1. The SMILES string of the molecule is Cc1nc(N)cc(-c2c(Nc3ccc(N4CC(C(C)(C)O)C4)nc3)nc3cccnn23)n1. The highest BCUT2D eigenvalue weighted by atomic mass is 16.3. The number of pyridine rings is 1. The highest BCUT2D eigenvalue weighted by molar-refractivity contribution is 5.78. The first kappa shape index (κ1) is 20.1. The predicted octanol–water partition coefficient (Wildman–Crippen LogP) is 2.42. The van der Waals surface area contributed by atoms with Crippen molar-refractivity contribution in [3.05, 3.63) is 48.5 Å². The van der Waals surface area contributed by atoms with Crippen LogP contribution >= 0.6 is 0 Å². The summed E-state index contributed by atoms with van der Waals surface area (Å²) in [7, 11) is 0. The number of aromatic nitrogens is 6. The molecule has 1 fully saturated rings. The van der Waals surface area contributed by atoms with Crippen molar-refractivity contribution < 1.29 is 5.11 Å². The number of nitrogen functional groups attached to an aromatic ring is 1. The van der Waals surface area contributed by atoms with Gasteiger partial charge in [0, 0.05) is 31.3 Å². The second-order valence-electron chi connectivity index (χ2n) is 8.61. The maximum atomic E-state index is 10.1. The fourth-order valence-corrected chi connectivity index (χ4v) is 3.81. The molecule has 5 heterocycles. The van der Waals surface area contributed by atoms with Crippen LogP contribution in [0.1, 0.15) is 19.7 Å². The lowest BCUT2D eigenvalue weighted by atomic mass is 9.84. The fourth-order valence-electron chi connectivity index (χ4n) is 3.81. The Bertz CT molecular complexity index is 1250. The molecule has 1 saturated heterocycles. The van der Waals surface area contributed by atoms with E-state index in [0.29, 0.717) is 34.5 Å². The topological polar surface area (TPSA) is 130 Å². The van der Waals surface area contributed by atoms with Gasteiger partial charge in [0.1, 0.15) is 23.2 Å². The van der Waals surface area contributed by atoms with Crippen LogP contribution in [0.2, 0.25) is 0 Å². The number of rotatable bonds is 5. The Hall–Kier alpha value is -3.79. The van der Waals surface area contributed by atoms with E-state index in [-0.39, 0.29) is 5.92 Å². The van der Waals surface area contributed by atoms with Gasteiger partial charge in [-0.05, 0) is 45.0 Å². The molecule has 10 nitrogen and oxygen atoms in total. The zero-order chi connectivity index (χ0) is 22.5. The van der Waals surface area contributed by atoms with E-state index in [4.69, 9.17) is 5.73 Å². The van der Waals surface area contributed by atoms with Crippen LogP contribution in [0.25, 0.3) is 17.0 Å². The molecular formula is C22H25N9O. The summed E-state index contributed by atoms with van der Waals surface area (Å²) >= 11 is 0. The number of aryl methyl sites for hydroxylation is 1. The van der Waals surface area contributed by atoms with Crippen LogP contribution in [-0.4, -0.2) is 53.3 Å². The van der Waals surface area contributed by atoms with Gasteiger partial charge in [-0.3, -0.25) is 0 Å². The van der Waals surface area contributed by atoms with Gasteiger partial charge in [-0.1, -0.05) is 0 Å². The van der Waals surface area contributed by atoms with Crippen LogP contribution in [0.4, 0.5) is 23.1 Å². The van der Waals surface area contributed by atoms with E-state index in [1.54, 1.807) is 29.9 Å². The Morgan fingerprint density at radius 3 is 2.66 bits per heavy atom. The molecule has 0 atom stereocenters. The van der Waals surface area contributed by atoms with Gasteiger partial charge >= 0.3 is 0 Å². The van der Waals surface area contributed by atoms with Gasteiger partial charge in [0.2, 0.25) is 0 Å². The van der Waals surface area contributed by atoms with Gasteiger partial charge in [-0.2, -0.15) is 5.10 Å². The Kier molecular flexibility index (Phi) is 4.66. The first-order chi connectivity index (χ1) is 15.3. The van der Waals surface area contributed by atoms with Gasteiger partial charge in [0.15, 0.2) is 11.5 Å². The first-order valence-electron chi connectivity index (χ1n) is 10.4. The quantitative estimate of drug-likeness (QED) is 0.436. The monoisotopic (exact) mass is 431 g/mol. The number of anilines is 4. The molecule has 0 saturated carbocycles. The van der Waals surface area contributed by atoms with Crippen LogP contribution in [0, 0.1) is 12.8 Å². The average molecular weight is 432 g/mol. The molecule has 164 valence electrons. The van der Waals surface area contributed by atoms with Crippen molar-refractivity contribution >= 4 is 28.8 Å². The minimum Gasteiger partial charge on any atom is -0.390 e. The molecule has 10 heteroatoms. The third-order valence-corrected chi connectivity index (χ3v) is 5.71. The van der Waals surface area contributed by atoms with Crippen molar-refractivity contribution in [2.24, 2.45) is 5.92 Å². The summed E-state index contributed by atoms with van der Waals surface area (Å²) < 4.78 is 1.72. The number of fused-ring (bicyclic) bond motifs is 1. The van der Waals surface area contributed by atoms with E-state index in [1.165, 1.54) is 0 Å². The third kappa shape index (κ3) is 3.69. The second kappa shape index (κ2) is 7.41. The smallest absolute Gasteiger partial charge is 0.161 e. The number of nitrogens with two attached hydrogens (primary N) is 1. The molecule has 0 aliphatic carbocycles. The summed E-state index contributed by atoms with van der Waals surface area (Å²) in [6.07, 6.45) is 3.47. The molecule has 4 aromatic rings. The number of imidazole rings is 1. The van der Waals surface area contributed by atoms with Crippen LogP contribution in [0.3, 0.4) is 0 Å². The van der Waals surface area contributed by atoms with Gasteiger partial charge < -0.3 is 21.1 Å². The Balaban J connectivity index is 1.44. The lowest BCUT2D eigenvalue weighted by Gasteiger charge is -2.45. The van der Waals surface area contributed by atoms with Crippen LogP contribution < -0.4 is 16.0 Å². The van der Waals surface area contributed by atoms with Gasteiger partial charge in [0.05, 0.1) is 23.2 Å². The van der Waals surface area contributed by atoms with Crippen molar-refractivity contribution in [1.82, 2.24) is 29.5 Å². The molecule has 0 unspecified atom stereocenters. The summed E-state index contributed by atoms with van der Waals surface area (Å²) in [5.74, 6) is 2.68. The normalized spacial score (nSPS) is 14.6. The van der Waals surface area contributed by atoms with E-state index in [1.807, 2.05) is 38.1 Å². The lowest BCUT2D eigenvalue weighted by Crippen LogP contribution is -2.56. The van der Waals surface area contributed by atoms with E-state index < -0.39 is 5.60 Å². The average Bonchev–Trinajstić information content (AvgIpc) is 3.04. The predicted molar refractivity (Wildman–Crippen MR) is 123 cm³/mol. The molecule has 32 heavy (non-hydrogen) atoms. The van der Waals surface area contributed by atoms with Gasteiger partial charge in [0.25, 0.3) is 0 Å². The summed E-state index contributed by atoms with van der Waals surface area (Å²) in [5, 5.41) is 17.9. The first-order valence-corrected chi connectivity index (χ1v) is 10.4. The Morgan fingerprint density at radius 2 is 1.97 bits per heavy atom. The molecule has 5 rings (SSSR count). The largest absolute Gasteiger partial charge is 0.390 e. The zero-order valence-corrected chi connectivity index (χ0v) is 18.2. The van der Waals surface area contributed by atoms with E-state index in [2.05, 4.69) is 35.3 Å². The molecule has 0 amide bonds. The highest BCUT2D eigenvalue weighted by Crippen LogP contribution is 2.32. The highest BCUT2D eigenvalue weighted by Gasteiger charge is 2.37. The zero-order valence-electron chi connectivity index (χ0n) is 18.2. The number of nitrogens with one attached hydrogen (secondary N) is 1. The van der Waals surface area contributed by atoms with Crippen LogP contribution in [0.15, 0.2) is 42.7 Å². The summed E-state index contributed by atoms with van der Waals surface area (Å²) in [4.78, 5) is 20.1. The maximum Gasteiger partial charge on any atom is 0.161 e. The number of hydrogen-bond donors (Lipinski definition) is 3. The molecule has 0 bridgehead atoms. The van der Waals surface area contributed by atoms with E-state index in [9.17, 15) is 5.11 Å². The van der Waals surface area contributed by atoms with Crippen LogP contribution in [-0.2, 0) is 0 Å². The van der Waals surface area contributed by atoms with Gasteiger partial charge in [-0.15, -0.1) is 0 Å². The number of nitrogens with zero attached hydrogens (tertiary/aromatic N) is 7. The van der Waals surface area contributed by atoms with Crippen molar-refractivity contribution in [3.63, 3.8) is 0 Å². The summed E-state index contributed by atoms with van der Waals surface area (Å²) in [5.41, 5.74) is 8.08. The standard InChI is InChI=1S/C22H25N9O/c1-13-26-16(9-17(23)27-13)20-21(29-19-5-4-8-25-31(19)20)28-15-6-7-18(24-10-15)30-11-14(12-30)22(2,3)32/h4-10,14,28,32H,11-12H2,1-3H3,(H2,23,26,27). The molecule has 1 aliphatic rings. The molecule has 0 radical (unpaired) electrons. The molecule has 0 spiro atoms. The lowest BCUT2D eigenvalue weighted by molar-refractivity contribution is 0.00439. The summed E-state index contributed by atoms with van der Waals surface area (Å²) in [6.45, 7) is 7.08. The molecule has 4 aromatic heterocycles. The Morgan fingerprint density at radius 1 is 1.16 bits per heavy atom. The minimum absolute atomic E-state index is 0.249. The molecular weight excluding hydrogens is 406 g/mol. The molecule has 0 aromatic carbocycles. The van der Waals surface area contributed by atoms with Crippen molar-refractivity contribution in [2.45, 2.75) is 26.4 Å². The van der Waals surface area contributed by atoms with Crippen molar-refractivity contribution in [2.75, 3.05) is 29.0 Å². The second-order valence-corrected chi connectivity index (χ2v) is 8.61. The fraction of sp³-hybridized carbons (Fsp3) is 0.318. The van der Waals surface area contributed by atoms with E-state index >= 15 is 0 Å². The number of hydrogen-bond acceptors (Lipinski definition) is 9. The third-order valence-electron chi connectivity index (χ3n) is 5.71. The summed E-state index contributed by atoms with van der Waals surface area (Å²) in [6, 6.07) is 9.34. The minimum atomic E-state index is -0.672. The Labute approximate surface area is 185 Å². The maximum absolute atomic E-state index is 10.1. The molecule has 1 aliphatic heterocycles. The van der Waals surface area contributed by atoms with Crippen molar-refractivity contribution in [1.29, 1.82) is 0 Å². The van der Waals surface area contributed by atoms with Gasteiger partial charge in [-0.25, -0.2) is 24.5 Å². The molecule has 4 N–H and O–H groups in total. The van der Waals surface area contributed by atoms with E-state index in [0.717, 1.165) is 24.6 Å².